The Labute approximate surface area is 165 Å². The van der Waals surface area contributed by atoms with Gasteiger partial charge in [0.2, 0.25) is 17.3 Å². The lowest BCUT2D eigenvalue weighted by Crippen LogP contribution is -2.59. The third-order valence-corrected chi connectivity index (χ3v) is 5.32. The molecule has 4 rings (SSSR count). The van der Waals surface area contributed by atoms with Gasteiger partial charge in [-0.3, -0.25) is 14.4 Å². The molecular weight excluding hydrogens is 378 g/mol. The largest absolute Gasteiger partial charge is 0.462 e. The smallest absolute Gasteiger partial charge is 0.279 e. The van der Waals surface area contributed by atoms with Crippen molar-refractivity contribution in [3.05, 3.63) is 65.1 Å². The topological polar surface area (TPSA) is 126 Å². The molecule has 150 valence electrons. The fourth-order valence-corrected chi connectivity index (χ4v) is 3.66. The SMILES string of the molecule is CCc1ccc(C2=C(C)C(=O)[C@@]3(O2)C(=O)NC(O)(C(=O)c2ccccc2)[C@@H]3O)o1. The second-order valence-corrected chi connectivity index (χ2v) is 7.06. The molecule has 2 aliphatic rings. The highest BCUT2D eigenvalue weighted by Crippen LogP contribution is 2.45. The summed E-state index contributed by atoms with van der Waals surface area (Å²) in [5.41, 5.74) is -5.09. The van der Waals surface area contributed by atoms with Gasteiger partial charge in [-0.05, 0) is 19.1 Å². The molecule has 1 fully saturated rings. The van der Waals surface area contributed by atoms with Gasteiger partial charge in [-0.2, -0.15) is 0 Å². The van der Waals surface area contributed by atoms with E-state index in [2.05, 4.69) is 5.32 Å². The number of furan rings is 1. The first-order valence-corrected chi connectivity index (χ1v) is 9.12. The van der Waals surface area contributed by atoms with Crippen molar-refractivity contribution in [3.63, 3.8) is 0 Å². The number of benzene rings is 1. The van der Waals surface area contributed by atoms with Crippen LogP contribution in [0.4, 0.5) is 0 Å². The number of amides is 1. The maximum atomic E-state index is 13.0. The first-order valence-electron chi connectivity index (χ1n) is 9.12. The van der Waals surface area contributed by atoms with Crippen LogP contribution in [0.25, 0.3) is 5.76 Å². The minimum absolute atomic E-state index is 0.0136. The zero-order chi connectivity index (χ0) is 21.0. The van der Waals surface area contributed by atoms with E-state index in [1.165, 1.54) is 19.1 Å². The van der Waals surface area contributed by atoms with Crippen molar-refractivity contribution < 1.29 is 33.8 Å². The maximum absolute atomic E-state index is 13.0. The summed E-state index contributed by atoms with van der Waals surface area (Å²) in [6.07, 6.45) is -1.56. The van der Waals surface area contributed by atoms with Gasteiger partial charge >= 0.3 is 0 Å². The molecule has 1 spiro atoms. The highest BCUT2D eigenvalue weighted by molar-refractivity contribution is 6.25. The fraction of sp³-hybridized carbons (Fsp3) is 0.286. The Bertz CT molecular complexity index is 1050. The number of carbonyl (C=O) groups is 3. The van der Waals surface area contributed by atoms with Gasteiger partial charge in [0.05, 0.1) is 0 Å². The van der Waals surface area contributed by atoms with Crippen LogP contribution in [-0.2, 0) is 20.7 Å². The molecule has 1 aromatic heterocycles. The molecule has 0 radical (unpaired) electrons. The van der Waals surface area contributed by atoms with Crippen LogP contribution >= 0.6 is 0 Å². The third kappa shape index (κ3) is 2.49. The Morgan fingerprint density at radius 1 is 1.17 bits per heavy atom. The van der Waals surface area contributed by atoms with Gasteiger partial charge in [0.25, 0.3) is 11.5 Å². The molecule has 3 atom stereocenters. The Morgan fingerprint density at radius 2 is 1.86 bits per heavy atom. The van der Waals surface area contributed by atoms with Gasteiger partial charge in [0.1, 0.15) is 5.76 Å². The lowest BCUT2D eigenvalue weighted by molar-refractivity contribution is -0.154. The number of aryl methyl sites for hydroxylation is 1. The lowest BCUT2D eigenvalue weighted by Gasteiger charge is -2.29. The number of hydrogen-bond acceptors (Lipinski definition) is 7. The van der Waals surface area contributed by atoms with Crippen molar-refractivity contribution in [1.82, 2.24) is 5.32 Å². The number of Topliss-reactive ketones (excluding diaryl/α,β-unsaturated/α-hetero) is 2. The number of nitrogens with one attached hydrogen (secondary N) is 1. The Kier molecular flexibility index (Phi) is 4.21. The molecule has 1 aromatic carbocycles. The molecule has 1 saturated heterocycles. The summed E-state index contributed by atoms with van der Waals surface area (Å²) in [5.74, 6) is -2.05. The zero-order valence-corrected chi connectivity index (χ0v) is 15.8. The highest BCUT2D eigenvalue weighted by atomic mass is 16.6. The van der Waals surface area contributed by atoms with Gasteiger partial charge in [0.15, 0.2) is 17.6 Å². The van der Waals surface area contributed by atoms with E-state index >= 15 is 0 Å². The number of aliphatic hydroxyl groups excluding tert-OH is 1. The summed E-state index contributed by atoms with van der Waals surface area (Å²) < 4.78 is 11.2. The predicted molar refractivity (Wildman–Crippen MR) is 99.4 cm³/mol. The molecule has 0 saturated carbocycles. The van der Waals surface area contributed by atoms with Crippen LogP contribution in [0.5, 0.6) is 0 Å². The van der Waals surface area contributed by atoms with Gasteiger partial charge in [0, 0.05) is 17.6 Å². The first kappa shape index (κ1) is 19.1. The standard InChI is InChI=1S/C21H19NO7/c1-3-13-9-10-14(28-13)15-11(2)16(23)20(29-15)18(25)21(27,22-19(20)26)17(24)12-7-5-4-6-8-12/h4-10,18,25,27H,3H2,1-2H3,(H,22,26)/t18-,20+,21?/m1/s1. The van der Waals surface area contributed by atoms with Gasteiger partial charge in [-0.25, -0.2) is 0 Å². The van der Waals surface area contributed by atoms with Crippen LogP contribution in [0.15, 0.2) is 52.5 Å². The van der Waals surface area contributed by atoms with E-state index in [0.717, 1.165) is 0 Å². The Hall–Kier alpha value is -3.23. The number of rotatable bonds is 4. The van der Waals surface area contributed by atoms with E-state index in [0.29, 0.717) is 12.2 Å². The van der Waals surface area contributed by atoms with Crippen molar-refractivity contribution in [2.24, 2.45) is 0 Å². The first-order chi connectivity index (χ1) is 13.8. The zero-order valence-electron chi connectivity index (χ0n) is 15.8. The molecule has 2 aliphatic heterocycles. The molecule has 29 heavy (non-hydrogen) atoms. The average molecular weight is 397 g/mol. The summed E-state index contributed by atoms with van der Waals surface area (Å²) in [7, 11) is 0. The molecule has 0 aliphatic carbocycles. The van der Waals surface area contributed by atoms with E-state index in [1.54, 1.807) is 30.3 Å². The summed E-state index contributed by atoms with van der Waals surface area (Å²) in [6.45, 7) is 3.31. The minimum atomic E-state index is -2.72. The lowest BCUT2D eigenvalue weighted by atomic mass is 9.85. The quantitative estimate of drug-likeness (QED) is 0.518. The predicted octanol–water partition coefficient (Wildman–Crippen LogP) is 0.973. The number of aliphatic hydroxyl groups is 2. The van der Waals surface area contributed by atoms with Gasteiger partial charge in [-0.15, -0.1) is 0 Å². The molecule has 8 heteroatoms. The molecule has 8 nitrogen and oxygen atoms in total. The average Bonchev–Trinajstić information content (AvgIpc) is 3.36. The van der Waals surface area contributed by atoms with Crippen molar-refractivity contribution >= 4 is 23.2 Å². The number of carbonyl (C=O) groups excluding carboxylic acids is 3. The maximum Gasteiger partial charge on any atom is 0.279 e. The fourth-order valence-electron chi connectivity index (χ4n) is 3.66. The van der Waals surface area contributed by atoms with Crippen LogP contribution in [0.3, 0.4) is 0 Å². The van der Waals surface area contributed by atoms with E-state index in [1.807, 2.05) is 6.92 Å². The minimum Gasteiger partial charge on any atom is -0.462 e. The normalized spacial score (nSPS) is 28.8. The molecule has 2 aromatic rings. The summed E-state index contributed by atoms with van der Waals surface area (Å²) in [6, 6.07) is 10.9. The van der Waals surface area contributed by atoms with Crippen molar-refractivity contribution in [3.8, 4) is 0 Å². The molecule has 3 N–H and O–H groups in total. The summed E-state index contributed by atoms with van der Waals surface area (Å²) >= 11 is 0. The van der Waals surface area contributed by atoms with Crippen molar-refractivity contribution in [2.75, 3.05) is 0 Å². The second-order valence-electron chi connectivity index (χ2n) is 7.06. The number of ether oxygens (including phenoxy) is 1. The second kappa shape index (κ2) is 6.40. The van der Waals surface area contributed by atoms with Crippen LogP contribution in [0, 0.1) is 0 Å². The van der Waals surface area contributed by atoms with Crippen LogP contribution in [0.2, 0.25) is 0 Å². The molecule has 1 amide bonds. The summed E-state index contributed by atoms with van der Waals surface area (Å²) in [4.78, 5) is 38.6. The number of ketones is 2. The number of hydrogen-bond donors (Lipinski definition) is 3. The highest BCUT2D eigenvalue weighted by Gasteiger charge is 2.73. The van der Waals surface area contributed by atoms with Crippen LogP contribution in [0.1, 0.15) is 35.7 Å². The van der Waals surface area contributed by atoms with E-state index in [4.69, 9.17) is 9.15 Å². The van der Waals surface area contributed by atoms with Gasteiger partial charge < -0.3 is 24.7 Å². The third-order valence-electron chi connectivity index (χ3n) is 5.32. The summed E-state index contributed by atoms with van der Waals surface area (Å²) in [5, 5.41) is 23.8. The molecule has 0 bridgehead atoms. The van der Waals surface area contributed by atoms with E-state index < -0.39 is 34.9 Å². The monoisotopic (exact) mass is 397 g/mol. The van der Waals surface area contributed by atoms with Crippen molar-refractivity contribution in [1.29, 1.82) is 0 Å². The Balaban J connectivity index is 1.73. The van der Waals surface area contributed by atoms with E-state index in [9.17, 15) is 24.6 Å². The van der Waals surface area contributed by atoms with E-state index in [-0.39, 0.29) is 22.7 Å². The Morgan fingerprint density at radius 3 is 2.48 bits per heavy atom. The van der Waals surface area contributed by atoms with Crippen molar-refractivity contribution in [2.45, 2.75) is 37.7 Å². The van der Waals surface area contributed by atoms with Gasteiger partial charge in [-0.1, -0.05) is 37.3 Å². The molecular formula is C21H19NO7. The molecule has 1 unspecified atom stereocenters. The molecule has 3 heterocycles. The van der Waals surface area contributed by atoms with Crippen LogP contribution in [-0.4, -0.2) is 45.1 Å². The van der Waals surface area contributed by atoms with Crippen LogP contribution < -0.4 is 5.32 Å².